The van der Waals surface area contributed by atoms with Crippen molar-refractivity contribution >= 4 is 23.3 Å². The van der Waals surface area contributed by atoms with E-state index in [2.05, 4.69) is 19.2 Å². The van der Waals surface area contributed by atoms with Gasteiger partial charge in [-0.3, -0.25) is 0 Å². The van der Waals surface area contributed by atoms with Gasteiger partial charge in [-0.05, 0) is 31.0 Å². The maximum atomic E-state index is 11.0. The average Bonchev–Trinajstić information content (AvgIpc) is 2.20. The van der Waals surface area contributed by atoms with Gasteiger partial charge in [-0.2, -0.15) is 0 Å². The number of halogens is 1. The van der Waals surface area contributed by atoms with Crippen LogP contribution in [0.25, 0.3) is 0 Å². The molecule has 0 spiro atoms. The Kier molecular flexibility index (Phi) is 4.19. The number of carboxylic acids is 1. The topological polar surface area (TPSA) is 49.3 Å². The second-order valence-corrected chi connectivity index (χ2v) is 4.61. The molecule has 0 aliphatic carbocycles. The molecular formula is C12H16ClNO2. The van der Waals surface area contributed by atoms with Crippen molar-refractivity contribution in [3.63, 3.8) is 0 Å². The largest absolute Gasteiger partial charge is 0.478 e. The van der Waals surface area contributed by atoms with E-state index in [9.17, 15) is 4.79 Å². The second kappa shape index (κ2) is 5.21. The molecule has 16 heavy (non-hydrogen) atoms. The van der Waals surface area contributed by atoms with Crippen LogP contribution < -0.4 is 5.32 Å². The molecule has 0 aliphatic heterocycles. The number of carbonyl (C=O) groups is 1. The summed E-state index contributed by atoms with van der Waals surface area (Å²) in [5, 5.41) is 12.7. The number of hydrogen-bond acceptors (Lipinski definition) is 2. The lowest BCUT2D eigenvalue weighted by Gasteiger charge is -2.20. The van der Waals surface area contributed by atoms with Crippen molar-refractivity contribution in [2.75, 3.05) is 5.32 Å². The highest BCUT2D eigenvalue weighted by Gasteiger charge is 2.14. The van der Waals surface area contributed by atoms with Crippen LogP contribution in [0.15, 0.2) is 18.2 Å². The van der Waals surface area contributed by atoms with Crippen molar-refractivity contribution in [3.05, 3.63) is 28.8 Å². The fourth-order valence-electron chi connectivity index (χ4n) is 1.23. The molecule has 1 atom stereocenters. The molecule has 0 amide bonds. The van der Waals surface area contributed by atoms with Gasteiger partial charge in [0.1, 0.15) is 0 Å². The van der Waals surface area contributed by atoms with Crippen LogP contribution in [0.5, 0.6) is 0 Å². The van der Waals surface area contributed by atoms with Crippen molar-refractivity contribution in [1.82, 2.24) is 0 Å². The number of aromatic carboxylic acids is 1. The number of carboxylic acid groups (broad SMARTS) is 1. The Morgan fingerprint density at radius 1 is 1.38 bits per heavy atom. The molecule has 0 aromatic heterocycles. The molecule has 0 heterocycles. The zero-order valence-corrected chi connectivity index (χ0v) is 10.4. The Morgan fingerprint density at radius 2 is 2.00 bits per heavy atom. The fraction of sp³-hybridized carbons (Fsp3) is 0.417. The molecule has 2 N–H and O–H groups in total. The summed E-state index contributed by atoms with van der Waals surface area (Å²) in [5.74, 6) is -0.543. The van der Waals surface area contributed by atoms with Gasteiger partial charge in [-0.25, -0.2) is 4.79 Å². The zero-order chi connectivity index (χ0) is 12.3. The number of anilines is 1. The molecule has 0 bridgehead atoms. The Bertz CT molecular complexity index is 391. The highest BCUT2D eigenvalue weighted by Crippen LogP contribution is 2.22. The van der Waals surface area contributed by atoms with Gasteiger partial charge < -0.3 is 10.4 Å². The summed E-state index contributed by atoms with van der Waals surface area (Å²) in [7, 11) is 0. The first-order valence-electron chi connectivity index (χ1n) is 5.21. The highest BCUT2D eigenvalue weighted by molar-refractivity contribution is 6.31. The molecule has 1 rings (SSSR count). The Balaban J connectivity index is 2.99. The van der Waals surface area contributed by atoms with Crippen LogP contribution in [0.2, 0.25) is 5.02 Å². The van der Waals surface area contributed by atoms with Crippen LogP contribution in [0.4, 0.5) is 5.69 Å². The van der Waals surface area contributed by atoms with Crippen LogP contribution in [-0.2, 0) is 0 Å². The van der Waals surface area contributed by atoms with E-state index in [1.54, 1.807) is 12.1 Å². The summed E-state index contributed by atoms with van der Waals surface area (Å²) >= 11 is 5.77. The van der Waals surface area contributed by atoms with E-state index >= 15 is 0 Å². The van der Waals surface area contributed by atoms with Gasteiger partial charge in [0.2, 0.25) is 0 Å². The first kappa shape index (κ1) is 12.8. The predicted octanol–water partition coefficient (Wildman–Crippen LogP) is 3.49. The molecule has 0 aliphatic rings. The quantitative estimate of drug-likeness (QED) is 0.848. The third-order valence-corrected chi connectivity index (χ3v) is 2.83. The summed E-state index contributed by atoms with van der Waals surface area (Å²) in [6, 6.07) is 5.05. The molecule has 3 nitrogen and oxygen atoms in total. The van der Waals surface area contributed by atoms with Crippen LogP contribution >= 0.6 is 11.6 Å². The maximum Gasteiger partial charge on any atom is 0.337 e. The number of rotatable bonds is 4. The van der Waals surface area contributed by atoms with Crippen LogP contribution in [0.3, 0.4) is 0 Å². The SMILES string of the molecule is CC(C)C(C)Nc1ccc(Cl)cc1C(=O)O. The first-order valence-corrected chi connectivity index (χ1v) is 5.59. The molecule has 0 fully saturated rings. The van der Waals surface area contributed by atoms with Crippen LogP contribution in [0, 0.1) is 5.92 Å². The van der Waals surface area contributed by atoms with Crippen molar-refractivity contribution in [2.24, 2.45) is 5.92 Å². The lowest BCUT2D eigenvalue weighted by Crippen LogP contribution is -2.22. The number of benzene rings is 1. The molecule has 0 saturated carbocycles. The highest BCUT2D eigenvalue weighted by atomic mass is 35.5. The van der Waals surface area contributed by atoms with E-state index in [1.807, 2.05) is 6.92 Å². The summed E-state index contributed by atoms with van der Waals surface area (Å²) in [5.41, 5.74) is 0.818. The minimum Gasteiger partial charge on any atom is -0.478 e. The fourth-order valence-corrected chi connectivity index (χ4v) is 1.40. The molecule has 1 aromatic carbocycles. The van der Waals surface area contributed by atoms with Gasteiger partial charge in [0, 0.05) is 16.8 Å². The second-order valence-electron chi connectivity index (χ2n) is 4.17. The van der Waals surface area contributed by atoms with Crippen molar-refractivity contribution in [3.8, 4) is 0 Å². The lowest BCUT2D eigenvalue weighted by molar-refractivity contribution is 0.0698. The van der Waals surface area contributed by atoms with Gasteiger partial charge in [-0.1, -0.05) is 25.4 Å². The minimum atomic E-state index is -0.971. The van der Waals surface area contributed by atoms with Gasteiger partial charge >= 0.3 is 5.97 Å². The first-order chi connectivity index (χ1) is 7.41. The van der Waals surface area contributed by atoms with Crippen molar-refractivity contribution in [2.45, 2.75) is 26.8 Å². The monoisotopic (exact) mass is 241 g/mol. The summed E-state index contributed by atoms with van der Waals surface area (Å²) in [6.45, 7) is 6.17. The lowest BCUT2D eigenvalue weighted by atomic mass is 10.1. The molecule has 88 valence electrons. The van der Waals surface area contributed by atoms with E-state index < -0.39 is 5.97 Å². The third-order valence-electron chi connectivity index (χ3n) is 2.60. The average molecular weight is 242 g/mol. The normalized spacial score (nSPS) is 12.6. The smallest absolute Gasteiger partial charge is 0.337 e. The Morgan fingerprint density at radius 3 is 2.50 bits per heavy atom. The minimum absolute atomic E-state index is 0.208. The molecule has 0 saturated heterocycles. The van der Waals surface area contributed by atoms with Crippen molar-refractivity contribution < 1.29 is 9.90 Å². The Hall–Kier alpha value is -1.22. The van der Waals surface area contributed by atoms with E-state index in [0.717, 1.165) is 0 Å². The molecular weight excluding hydrogens is 226 g/mol. The van der Waals surface area contributed by atoms with Crippen LogP contribution in [-0.4, -0.2) is 17.1 Å². The van der Waals surface area contributed by atoms with E-state index in [1.165, 1.54) is 6.07 Å². The van der Waals surface area contributed by atoms with Gasteiger partial charge in [0.05, 0.1) is 5.56 Å². The van der Waals surface area contributed by atoms with Crippen molar-refractivity contribution in [1.29, 1.82) is 0 Å². The van der Waals surface area contributed by atoms with Gasteiger partial charge in [-0.15, -0.1) is 0 Å². The van der Waals surface area contributed by atoms with E-state index in [-0.39, 0.29) is 11.6 Å². The molecule has 4 heteroatoms. The number of hydrogen-bond donors (Lipinski definition) is 2. The number of nitrogens with one attached hydrogen (secondary N) is 1. The molecule has 1 aromatic rings. The van der Waals surface area contributed by atoms with Gasteiger partial charge in [0.25, 0.3) is 0 Å². The van der Waals surface area contributed by atoms with Gasteiger partial charge in [0.15, 0.2) is 0 Å². The summed E-state index contributed by atoms with van der Waals surface area (Å²) in [4.78, 5) is 11.0. The summed E-state index contributed by atoms with van der Waals surface area (Å²) in [6.07, 6.45) is 0. The molecule has 0 radical (unpaired) electrons. The Labute approximate surface area is 100 Å². The van der Waals surface area contributed by atoms with Crippen LogP contribution in [0.1, 0.15) is 31.1 Å². The zero-order valence-electron chi connectivity index (χ0n) is 9.62. The maximum absolute atomic E-state index is 11.0. The van der Waals surface area contributed by atoms with E-state index in [4.69, 9.17) is 16.7 Å². The van der Waals surface area contributed by atoms with E-state index in [0.29, 0.717) is 16.6 Å². The summed E-state index contributed by atoms with van der Waals surface area (Å²) < 4.78 is 0. The molecule has 1 unspecified atom stereocenters. The predicted molar refractivity (Wildman–Crippen MR) is 66.3 cm³/mol. The third kappa shape index (κ3) is 3.14. The standard InChI is InChI=1S/C12H16ClNO2/c1-7(2)8(3)14-11-5-4-9(13)6-10(11)12(15)16/h4-8,14H,1-3H3,(H,15,16).